The van der Waals surface area contributed by atoms with E-state index in [2.05, 4.69) is 38.0 Å². The van der Waals surface area contributed by atoms with Crippen molar-refractivity contribution in [3.8, 4) is 0 Å². The molecule has 0 amide bonds. The maximum Gasteiger partial charge on any atom is 0.0649 e. The highest BCUT2D eigenvalue weighted by molar-refractivity contribution is 5.48. The summed E-state index contributed by atoms with van der Waals surface area (Å²) in [6, 6.07) is 6.27. The highest BCUT2D eigenvalue weighted by Crippen LogP contribution is 2.22. The molecule has 0 bridgehead atoms. The SMILES string of the molecule is CC(C)(C)c1cnn2cccc2c1. The van der Waals surface area contributed by atoms with Crippen LogP contribution in [0.25, 0.3) is 5.52 Å². The molecule has 0 radical (unpaired) electrons. The number of hydrogen-bond donors (Lipinski definition) is 0. The first-order valence-electron chi connectivity index (χ1n) is 4.51. The standard InChI is InChI=1S/C11H14N2/c1-11(2,3)9-7-10-5-4-6-13(10)12-8-9/h4-8H,1-3H3. The van der Waals surface area contributed by atoms with E-state index < -0.39 is 0 Å². The third-order valence-electron chi connectivity index (χ3n) is 2.25. The quantitative estimate of drug-likeness (QED) is 0.600. The van der Waals surface area contributed by atoms with Crippen molar-refractivity contribution >= 4 is 5.52 Å². The zero-order valence-corrected chi connectivity index (χ0v) is 8.28. The van der Waals surface area contributed by atoms with Gasteiger partial charge in [-0.3, -0.25) is 0 Å². The minimum absolute atomic E-state index is 0.180. The number of nitrogens with zero attached hydrogens (tertiary/aromatic N) is 2. The predicted molar refractivity (Wildman–Crippen MR) is 53.9 cm³/mol. The molecule has 0 atom stereocenters. The van der Waals surface area contributed by atoms with Crippen molar-refractivity contribution in [3.63, 3.8) is 0 Å². The van der Waals surface area contributed by atoms with Gasteiger partial charge in [-0.1, -0.05) is 20.8 Å². The molecular weight excluding hydrogens is 160 g/mol. The Morgan fingerprint density at radius 3 is 2.77 bits per heavy atom. The van der Waals surface area contributed by atoms with Gasteiger partial charge in [0.15, 0.2) is 0 Å². The van der Waals surface area contributed by atoms with Crippen LogP contribution in [-0.4, -0.2) is 9.61 Å². The second kappa shape index (κ2) is 2.59. The lowest BCUT2D eigenvalue weighted by Gasteiger charge is -2.18. The summed E-state index contributed by atoms with van der Waals surface area (Å²) < 4.78 is 1.88. The molecule has 2 aromatic rings. The van der Waals surface area contributed by atoms with Gasteiger partial charge in [0, 0.05) is 6.20 Å². The van der Waals surface area contributed by atoms with E-state index in [-0.39, 0.29) is 5.41 Å². The van der Waals surface area contributed by atoms with Crippen LogP contribution in [0.1, 0.15) is 26.3 Å². The molecule has 0 unspecified atom stereocenters. The lowest BCUT2D eigenvalue weighted by atomic mass is 9.88. The van der Waals surface area contributed by atoms with Gasteiger partial charge in [-0.2, -0.15) is 5.10 Å². The lowest BCUT2D eigenvalue weighted by molar-refractivity contribution is 0.585. The first-order valence-corrected chi connectivity index (χ1v) is 4.51. The molecule has 68 valence electrons. The Morgan fingerprint density at radius 2 is 2.08 bits per heavy atom. The fourth-order valence-corrected chi connectivity index (χ4v) is 1.34. The van der Waals surface area contributed by atoms with E-state index in [0.717, 1.165) is 5.52 Å². The van der Waals surface area contributed by atoms with E-state index in [1.807, 2.05) is 23.0 Å². The van der Waals surface area contributed by atoms with Gasteiger partial charge in [0.1, 0.15) is 0 Å². The van der Waals surface area contributed by atoms with Crippen molar-refractivity contribution in [1.82, 2.24) is 9.61 Å². The summed E-state index contributed by atoms with van der Waals surface area (Å²) in [4.78, 5) is 0. The number of aromatic nitrogens is 2. The second-order valence-corrected chi connectivity index (χ2v) is 4.37. The molecule has 0 aliphatic carbocycles. The molecule has 0 aliphatic heterocycles. The molecule has 2 rings (SSSR count). The molecule has 0 aromatic carbocycles. The summed E-state index contributed by atoms with van der Waals surface area (Å²) in [5.74, 6) is 0. The number of hydrogen-bond acceptors (Lipinski definition) is 1. The molecule has 0 saturated heterocycles. The van der Waals surface area contributed by atoms with Gasteiger partial charge >= 0.3 is 0 Å². The fourth-order valence-electron chi connectivity index (χ4n) is 1.34. The van der Waals surface area contributed by atoms with Crippen molar-refractivity contribution in [2.75, 3.05) is 0 Å². The molecule has 0 aliphatic rings. The Kier molecular flexibility index (Phi) is 1.65. The van der Waals surface area contributed by atoms with Crippen LogP contribution >= 0.6 is 0 Å². The van der Waals surface area contributed by atoms with Crippen LogP contribution in [0.15, 0.2) is 30.6 Å². The van der Waals surface area contributed by atoms with Gasteiger partial charge in [0.2, 0.25) is 0 Å². The highest BCUT2D eigenvalue weighted by Gasteiger charge is 2.14. The third kappa shape index (κ3) is 1.44. The Morgan fingerprint density at radius 1 is 1.31 bits per heavy atom. The maximum atomic E-state index is 4.32. The molecule has 0 N–H and O–H groups in total. The van der Waals surface area contributed by atoms with E-state index in [1.54, 1.807) is 0 Å². The first kappa shape index (κ1) is 8.30. The van der Waals surface area contributed by atoms with Gasteiger partial charge in [0.25, 0.3) is 0 Å². The average molecular weight is 174 g/mol. The van der Waals surface area contributed by atoms with Crippen LogP contribution in [0.2, 0.25) is 0 Å². The first-order chi connectivity index (χ1) is 6.07. The molecular formula is C11H14N2. The molecule has 2 nitrogen and oxygen atoms in total. The second-order valence-electron chi connectivity index (χ2n) is 4.37. The van der Waals surface area contributed by atoms with Crippen LogP contribution < -0.4 is 0 Å². The van der Waals surface area contributed by atoms with Crippen molar-refractivity contribution in [3.05, 3.63) is 36.2 Å². The Labute approximate surface area is 78.2 Å². The van der Waals surface area contributed by atoms with E-state index >= 15 is 0 Å². The Bertz CT molecular complexity index is 421. The van der Waals surface area contributed by atoms with Crippen LogP contribution in [0, 0.1) is 0 Å². The Hall–Kier alpha value is -1.31. The van der Waals surface area contributed by atoms with Crippen LogP contribution in [0.4, 0.5) is 0 Å². The monoisotopic (exact) mass is 174 g/mol. The summed E-state index contributed by atoms with van der Waals surface area (Å²) in [5, 5.41) is 4.32. The van der Waals surface area contributed by atoms with E-state index in [1.165, 1.54) is 5.56 Å². The number of fused-ring (bicyclic) bond motifs is 1. The van der Waals surface area contributed by atoms with Crippen LogP contribution in [0.5, 0.6) is 0 Å². The van der Waals surface area contributed by atoms with Gasteiger partial charge in [0.05, 0.1) is 11.7 Å². The van der Waals surface area contributed by atoms with Gasteiger partial charge < -0.3 is 0 Å². The smallest absolute Gasteiger partial charge is 0.0649 e. The van der Waals surface area contributed by atoms with Crippen molar-refractivity contribution in [2.45, 2.75) is 26.2 Å². The van der Waals surface area contributed by atoms with Gasteiger partial charge in [-0.25, -0.2) is 4.52 Å². The van der Waals surface area contributed by atoms with Crippen LogP contribution in [0.3, 0.4) is 0 Å². The van der Waals surface area contributed by atoms with Gasteiger partial charge in [-0.15, -0.1) is 0 Å². The minimum Gasteiger partial charge on any atom is -0.241 e. The van der Waals surface area contributed by atoms with Crippen molar-refractivity contribution in [1.29, 1.82) is 0 Å². The molecule has 0 spiro atoms. The summed E-state index contributed by atoms with van der Waals surface area (Å²) in [6.07, 6.45) is 3.90. The zero-order chi connectivity index (χ0) is 9.47. The summed E-state index contributed by atoms with van der Waals surface area (Å²) in [6.45, 7) is 6.59. The summed E-state index contributed by atoms with van der Waals surface area (Å²) in [7, 11) is 0. The minimum atomic E-state index is 0.180. The highest BCUT2D eigenvalue weighted by atomic mass is 15.2. The fraction of sp³-hybridized carbons (Fsp3) is 0.364. The maximum absolute atomic E-state index is 4.32. The average Bonchev–Trinajstić information content (AvgIpc) is 2.47. The molecule has 2 aromatic heterocycles. The molecule has 0 fully saturated rings. The molecule has 2 heteroatoms. The number of rotatable bonds is 0. The predicted octanol–water partition coefficient (Wildman–Crippen LogP) is 2.63. The van der Waals surface area contributed by atoms with Gasteiger partial charge in [-0.05, 0) is 29.2 Å². The third-order valence-corrected chi connectivity index (χ3v) is 2.25. The molecule has 2 heterocycles. The summed E-state index contributed by atoms with van der Waals surface area (Å²) in [5.41, 5.74) is 2.62. The Balaban J connectivity index is 2.61. The largest absolute Gasteiger partial charge is 0.241 e. The van der Waals surface area contributed by atoms with E-state index in [0.29, 0.717) is 0 Å². The van der Waals surface area contributed by atoms with Crippen molar-refractivity contribution in [2.24, 2.45) is 0 Å². The molecule has 13 heavy (non-hydrogen) atoms. The lowest BCUT2D eigenvalue weighted by Crippen LogP contribution is -2.12. The van der Waals surface area contributed by atoms with E-state index in [9.17, 15) is 0 Å². The summed E-state index contributed by atoms with van der Waals surface area (Å²) >= 11 is 0. The van der Waals surface area contributed by atoms with E-state index in [4.69, 9.17) is 0 Å². The topological polar surface area (TPSA) is 17.3 Å². The van der Waals surface area contributed by atoms with Crippen molar-refractivity contribution < 1.29 is 0 Å². The van der Waals surface area contributed by atoms with Crippen LogP contribution in [-0.2, 0) is 5.41 Å². The normalized spacial score (nSPS) is 12.2. The molecule has 0 saturated carbocycles. The zero-order valence-electron chi connectivity index (χ0n) is 8.28.